The van der Waals surface area contributed by atoms with Crippen LogP contribution < -0.4 is 5.43 Å². The fraction of sp³-hybridized carbons (Fsp3) is 0. The highest BCUT2D eigenvalue weighted by Crippen LogP contribution is 2.10. The number of anilines is 1. The number of fused-ring (bicyclic) bond motifs is 1. The second kappa shape index (κ2) is 3.62. The smallest absolute Gasteiger partial charge is 0.182 e. The summed E-state index contributed by atoms with van der Waals surface area (Å²) in [6.45, 7) is 0. The van der Waals surface area contributed by atoms with Crippen molar-refractivity contribution in [2.24, 2.45) is 0 Å². The number of hydrogen-bond donors (Lipinski definition) is 1. The van der Waals surface area contributed by atoms with Crippen LogP contribution in [0.3, 0.4) is 0 Å². The van der Waals surface area contributed by atoms with E-state index in [0.717, 1.165) is 16.9 Å². The topological polar surface area (TPSA) is 55.6 Å². The molecule has 3 rings (SSSR count). The third-order valence-electron chi connectivity index (χ3n) is 2.24. The Bertz CT molecular complexity index is 602. The first-order valence-corrected chi connectivity index (χ1v) is 4.88. The summed E-state index contributed by atoms with van der Waals surface area (Å²) < 4.78 is 1.77. The minimum atomic E-state index is 0.763. The summed E-state index contributed by atoms with van der Waals surface area (Å²) in [5.41, 5.74) is 5.71. The monoisotopic (exact) mass is 211 g/mol. The van der Waals surface area contributed by atoms with Gasteiger partial charge in [0.15, 0.2) is 5.65 Å². The van der Waals surface area contributed by atoms with Gasteiger partial charge in [0.05, 0.1) is 11.9 Å². The highest BCUT2D eigenvalue weighted by molar-refractivity contribution is 5.69. The fourth-order valence-electron chi connectivity index (χ4n) is 1.50. The molecule has 3 aromatic rings. The molecular weight excluding hydrogens is 202 g/mol. The van der Waals surface area contributed by atoms with E-state index in [1.165, 1.54) is 6.33 Å². The van der Waals surface area contributed by atoms with Gasteiger partial charge >= 0.3 is 0 Å². The number of para-hydroxylation sites is 1. The van der Waals surface area contributed by atoms with Gasteiger partial charge < -0.3 is 0 Å². The van der Waals surface area contributed by atoms with Crippen molar-refractivity contribution in [3.8, 4) is 0 Å². The Labute approximate surface area is 91.8 Å². The Kier molecular flexibility index (Phi) is 2.00. The number of rotatable bonds is 2. The van der Waals surface area contributed by atoms with Crippen LogP contribution in [-0.2, 0) is 0 Å². The van der Waals surface area contributed by atoms with E-state index < -0.39 is 0 Å². The molecule has 0 unspecified atom stereocenters. The maximum absolute atomic E-state index is 4.19. The molecule has 0 aliphatic heterocycles. The number of aromatic nitrogens is 4. The molecule has 1 aromatic carbocycles. The van der Waals surface area contributed by atoms with Crippen LogP contribution in [0.25, 0.3) is 11.2 Å². The van der Waals surface area contributed by atoms with Gasteiger partial charge in [0.1, 0.15) is 18.2 Å². The normalized spacial score (nSPS) is 10.5. The highest BCUT2D eigenvalue weighted by Gasteiger charge is 2.02. The van der Waals surface area contributed by atoms with Gasteiger partial charge in [0.25, 0.3) is 0 Å². The predicted octanol–water partition coefficient (Wildman–Crippen LogP) is 1.70. The Hall–Kier alpha value is -2.43. The first-order valence-electron chi connectivity index (χ1n) is 4.88. The molecule has 1 N–H and O–H groups in total. The first kappa shape index (κ1) is 8.84. The van der Waals surface area contributed by atoms with Gasteiger partial charge in [-0.05, 0) is 12.1 Å². The van der Waals surface area contributed by atoms with Crippen LogP contribution in [-0.4, -0.2) is 19.6 Å². The first-order chi connectivity index (χ1) is 7.93. The largest absolute Gasteiger partial charge is 0.291 e. The molecule has 16 heavy (non-hydrogen) atoms. The predicted molar refractivity (Wildman–Crippen MR) is 60.8 cm³/mol. The number of nitrogens with zero attached hydrogens (tertiary/aromatic N) is 4. The lowest BCUT2D eigenvalue weighted by molar-refractivity contribution is 0.967. The fourth-order valence-corrected chi connectivity index (χ4v) is 1.50. The molecule has 0 saturated carbocycles. The average Bonchev–Trinajstić information content (AvgIpc) is 2.74. The summed E-state index contributed by atoms with van der Waals surface area (Å²) in [6.07, 6.45) is 4.88. The summed E-state index contributed by atoms with van der Waals surface area (Å²) in [5, 5.41) is 0. The zero-order chi connectivity index (χ0) is 10.8. The van der Waals surface area contributed by atoms with Gasteiger partial charge in [0.2, 0.25) is 0 Å². The number of nitrogens with one attached hydrogen (secondary N) is 1. The van der Waals surface area contributed by atoms with Crippen LogP contribution in [0.1, 0.15) is 0 Å². The van der Waals surface area contributed by atoms with E-state index in [4.69, 9.17) is 0 Å². The standard InChI is InChI=1S/C11H9N5/c1-2-4-9(5-3-1)15-16-8-14-10-6-12-7-13-11(10)16/h1-8,15H. The van der Waals surface area contributed by atoms with E-state index in [9.17, 15) is 0 Å². The molecule has 0 atom stereocenters. The van der Waals surface area contributed by atoms with E-state index in [0.29, 0.717) is 0 Å². The Morgan fingerprint density at radius 2 is 1.94 bits per heavy atom. The van der Waals surface area contributed by atoms with Crippen LogP contribution >= 0.6 is 0 Å². The molecule has 0 spiro atoms. The van der Waals surface area contributed by atoms with Crippen molar-refractivity contribution in [3.63, 3.8) is 0 Å². The second-order valence-corrected chi connectivity index (χ2v) is 3.32. The number of imidazole rings is 1. The summed E-state index contributed by atoms with van der Waals surface area (Å²) in [4.78, 5) is 12.3. The second-order valence-electron chi connectivity index (χ2n) is 3.32. The molecule has 5 heteroatoms. The molecule has 0 aliphatic carbocycles. The van der Waals surface area contributed by atoms with Crippen molar-refractivity contribution in [2.45, 2.75) is 0 Å². The SMILES string of the molecule is c1ccc(Nn2cnc3cncnc32)cc1. The van der Waals surface area contributed by atoms with Crippen LogP contribution in [0.4, 0.5) is 5.69 Å². The molecule has 78 valence electrons. The van der Waals surface area contributed by atoms with Crippen LogP contribution in [0, 0.1) is 0 Å². The third-order valence-corrected chi connectivity index (χ3v) is 2.24. The molecule has 5 nitrogen and oxygen atoms in total. The van der Waals surface area contributed by atoms with E-state index in [1.54, 1.807) is 17.2 Å². The van der Waals surface area contributed by atoms with E-state index in [-0.39, 0.29) is 0 Å². The van der Waals surface area contributed by atoms with Gasteiger partial charge in [-0.1, -0.05) is 18.2 Å². The summed E-state index contributed by atoms with van der Waals surface area (Å²) >= 11 is 0. The van der Waals surface area contributed by atoms with Crippen molar-refractivity contribution in [3.05, 3.63) is 49.2 Å². The molecular formula is C11H9N5. The zero-order valence-electron chi connectivity index (χ0n) is 8.41. The van der Waals surface area contributed by atoms with Crippen LogP contribution in [0.15, 0.2) is 49.2 Å². The van der Waals surface area contributed by atoms with E-state index >= 15 is 0 Å². The van der Waals surface area contributed by atoms with Crippen molar-refractivity contribution in [1.82, 2.24) is 19.6 Å². The molecule has 0 bridgehead atoms. The van der Waals surface area contributed by atoms with Crippen LogP contribution in [0.2, 0.25) is 0 Å². The maximum Gasteiger partial charge on any atom is 0.182 e. The highest BCUT2D eigenvalue weighted by atomic mass is 15.4. The quantitative estimate of drug-likeness (QED) is 0.701. The zero-order valence-corrected chi connectivity index (χ0v) is 8.41. The van der Waals surface area contributed by atoms with Gasteiger partial charge in [-0.3, -0.25) is 5.43 Å². The Balaban J connectivity index is 2.01. The minimum absolute atomic E-state index is 0.763. The molecule has 0 fully saturated rings. The lowest BCUT2D eigenvalue weighted by Gasteiger charge is -2.06. The Morgan fingerprint density at radius 3 is 2.81 bits per heavy atom. The van der Waals surface area contributed by atoms with Gasteiger partial charge in [-0.2, -0.15) is 0 Å². The third kappa shape index (κ3) is 1.48. The average molecular weight is 211 g/mol. The molecule has 2 aromatic heterocycles. The van der Waals surface area contributed by atoms with Gasteiger partial charge in [0, 0.05) is 0 Å². The lowest BCUT2D eigenvalue weighted by atomic mass is 10.3. The lowest BCUT2D eigenvalue weighted by Crippen LogP contribution is -2.07. The molecule has 0 radical (unpaired) electrons. The van der Waals surface area contributed by atoms with Crippen molar-refractivity contribution in [2.75, 3.05) is 5.43 Å². The summed E-state index contributed by atoms with van der Waals surface area (Å²) in [7, 11) is 0. The summed E-state index contributed by atoms with van der Waals surface area (Å²) in [6, 6.07) is 9.87. The van der Waals surface area contributed by atoms with Crippen molar-refractivity contribution in [1.29, 1.82) is 0 Å². The number of hydrogen-bond acceptors (Lipinski definition) is 4. The molecule has 2 heterocycles. The molecule has 0 saturated heterocycles. The molecule has 0 amide bonds. The van der Waals surface area contributed by atoms with Gasteiger partial charge in [-0.25, -0.2) is 19.6 Å². The van der Waals surface area contributed by atoms with Crippen molar-refractivity contribution < 1.29 is 0 Å². The Morgan fingerprint density at radius 1 is 1.06 bits per heavy atom. The van der Waals surface area contributed by atoms with E-state index in [1.807, 2.05) is 30.3 Å². The maximum atomic E-state index is 4.19. The number of benzene rings is 1. The van der Waals surface area contributed by atoms with E-state index in [2.05, 4.69) is 20.4 Å². The summed E-state index contributed by atoms with van der Waals surface area (Å²) in [5.74, 6) is 0. The minimum Gasteiger partial charge on any atom is -0.291 e. The molecule has 0 aliphatic rings. The van der Waals surface area contributed by atoms with Gasteiger partial charge in [-0.15, -0.1) is 0 Å². The van der Waals surface area contributed by atoms with Crippen LogP contribution in [0.5, 0.6) is 0 Å². The van der Waals surface area contributed by atoms with Crippen molar-refractivity contribution >= 4 is 16.9 Å².